The lowest BCUT2D eigenvalue weighted by Crippen LogP contribution is -2.27. The molecule has 70 valence electrons. The van der Waals surface area contributed by atoms with Crippen molar-refractivity contribution < 1.29 is 0 Å². The van der Waals surface area contributed by atoms with Gasteiger partial charge in [0.15, 0.2) is 0 Å². The Labute approximate surface area is 77.8 Å². The van der Waals surface area contributed by atoms with Crippen molar-refractivity contribution in [2.24, 2.45) is 0 Å². The minimum atomic E-state index is 0.482. The second-order valence-corrected chi connectivity index (χ2v) is 3.48. The van der Waals surface area contributed by atoms with Crippen LogP contribution in [0.3, 0.4) is 0 Å². The SMILES string of the molecule is CC1CCCN1c1cnc(N)cn1. The lowest BCUT2D eigenvalue weighted by molar-refractivity contribution is 0.725. The molecule has 1 atom stereocenters. The van der Waals surface area contributed by atoms with Crippen LogP contribution in [-0.4, -0.2) is 22.6 Å². The zero-order chi connectivity index (χ0) is 9.26. The summed E-state index contributed by atoms with van der Waals surface area (Å²) in [6.07, 6.45) is 5.84. The molecule has 0 amide bonds. The van der Waals surface area contributed by atoms with Gasteiger partial charge in [-0.1, -0.05) is 0 Å². The molecule has 2 rings (SSSR count). The van der Waals surface area contributed by atoms with E-state index in [4.69, 9.17) is 5.73 Å². The zero-order valence-corrected chi connectivity index (χ0v) is 7.77. The molecule has 1 unspecified atom stereocenters. The summed E-state index contributed by atoms with van der Waals surface area (Å²) in [5, 5.41) is 0. The van der Waals surface area contributed by atoms with Gasteiger partial charge in [-0.05, 0) is 19.8 Å². The van der Waals surface area contributed by atoms with Gasteiger partial charge in [0.05, 0.1) is 12.4 Å². The van der Waals surface area contributed by atoms with E-state index in [-0.39, 0.29) is 0 Å². The number of nitrogens with two attached hydrogens (primary N) is 1. The molecule has 0 aromatic carbocycles. The third-order valence-electron chi connectivity index (χ3n) is 2.51. The molecular weight excluding hydrogens is 164 g/mol. The molecule has 1 aromatic rings. The fourth-order valence-corrected chi connectivity index (χ4v) is 1.75. The molecular formula is C9H14N4. The number of rotatable bonds is 1. The van der Waals surface area contributed by atoms with Gasteiger partial charge in [-0.15, -0.1) is 0 Å². The number of nitrogen functional groups attached to an aromatic ring is 1. The molecule has 0 radical (unpaired) electrons. The van der Waals surface area contributed by atoms with Gasteiger partial charge in [0.25, 0.3) is 0 Å². The normalized spacial score (nSPS) is 22.2. The van der Waals surface area contributed by atoms with E-state index in [1.54, 1.807) is 12.4 Å². The highest BCUT2D eigenvalue weighted by atomic mass is 15.2. The average Bonchev–Trinajstić information content (AvgIpc) is 2.53. The van der Waals surface area contributed by atoms with E-state index < -0.39 is 0 Å². The van der Waals surface area contributed by atoms with Crippen molar-refractivity contribution >= 4 is 11.6 Å². The summed E-state index contributed by atoms with van der Waals surface area (Å²) in [6, 6.07) is 0.581. The topological polar surface area (TPSA) is 55.0 Å². The van der Waals surface area contributed by atoms with Crippen LogP contribution in [0.1, 0.15) is 19.8 Å². The van der Waals surface area contributed by atoms with E-state index in [0.29, 0.717) is 11.9 Å². The molecule has 0 bridgehead atoms. The molecule has 4 nitrogen and oxygen atoms in total. The summed E-state index contributed by atoms with van der Waals surface area (Å²) in [6.45, 7) is 3.30. The third kappa shape index (κ3) is 1.56. The predicted octanol–water partition coefficient (Wildman–Crippen LogP) is 1.05. The summed E-state index contributed by atoms with van der Waals surface area (Å²) < 4.78 is 0. The Kier molecular flexibility index (Phi) is 2.04. The van der Waals surface area contributed by atoms with Crippen molar-refractivity contribution in [1.29, 1.82) is 0 Å². The summed E-state index contributed by atoms with van der Waals surface area (Å²) in [5.41, 5.74) is 5.47. The maximum absolute atomic E-state index is 5.47. The zero-order valence-electron chi connectivity index (χ0n) is 7.77. The Hall–Kier alpha value is -1.32. The average molecular weight is 178 g/mol. The van der Waals surface area contributed by atoms with Gasteiger partial charge >= 0.3 is 0 Å². The first-order valence-corrected chi connectivity index (χ1v) is 4.61. The second kappa shape index (κ2) is 3.20. The summed E-state index contributed by atoms with van der Waals surface area (Å²) >= 11 is 0. The lowest BCUT2D eigenvalue weighted by atomic mass is 10.2. The predicted molar refractivity (Wildman–Crippen MR) is 52.5 cm³/mol. The largest absolute Gasteiger partial charge is 0.382 e. The molecule has 0 spiro atoms. The van der Waals surface area contributed by atoms with Gasteiger partial charge in [0, 0.05) is 12.6 Å². The Morgan fingerprint density at radius 2 is 2.31 bits per heavy atom. The third-order valence-corrected chi connectivity index (χ3v) is 2.51. The summed E-state index contributed by atoms with van der Waals surface area (Å²) in [5.74, 6) is 1.43. The molecule has 4 heteroatoms. The molecule has 1 aromatic heterocycles. The molecule has 1 aliphatic rings. The molecule has 1 fully saturated rings. The van der Waals surface area contributed by atoms with E-state index >= 15 is 0 Å². The molecule has 1 aliphatic heterocycles. The Morgan fingerprint density at radius 3 is 2.85 bits per heavy atom. The number of hydrogen-bond donors (Lipinski definition) is 1. The van der Waals surface area contributed by atoms with Gasteiger partial charge in [0.1, 0.15) is 11.6 Å². The van der Waals surface area contributed by atoms with Crippen molar-refractivity contribution in [2.45, 2.75) is 25.8 Å². The lowest BCUT2D eigenvalue weighted by Gasteiger charge is -2.21. The first-order chi connectivity index (χ1) is 6.27. The van der Waals surface area contributed by atoms with Crippen molar-refractivity contribution in [3.8, 4) is 0 Å². The van der Waals surface area contributed by atoms with E-state index in [0.717, 1.165) is 12.4 Å². The summed E-state index contributed by atoms with van der Waals surface area (Å²) in [4.78, 5) is 10.6. The monoisotopic (exact) mass is 178 g/mol. The van der Waals surface area contributed by atoms with Crippen LogP contribution in [0.25, 0.3) is 0 Å². The van der Waals surface area contributed by atoms with E-state index in [1.807, 2.05) is 0 Å². The molecule has 0 aliphatic carbocycles. The fourth-order valence-electron chi connectivity index (χ4n) is 1.75. The highest BCUT2D eigenvalue weighted by Gasteiger charge is 2.21. The van der Waals surface area contributed by atoms with E-state index in [1.165, 1.54) is 12.8 Å². The molecule has 0 saturated carbocycles. The van der Waals surface area contributed by atoms with Crippen LogP contribution >= 0.6 is 0 Å². The van der Waals surface area contributed by atoms with Crippen molar-refractivity contribution in [2.75, 3.05) is 17.2 Å². The van der Waals surface area contributed by atoms with Gasteiger partial charge in [0.2, 0.25) is 0 Å². The number of hydrogen-bond acceptors (Lipinski definition) is 4. The minimum Gasteiger partial charge on any atom is -0.382 e. The summed E-state index contributed by atoms with van der Waals surface area (Å²) in [7, 11) is 0. The van der Waals surface area contributed by atoms with Gasteiger partial charge in [-0.2, -0.15) is 0 Å². The van der Waals surface area contributed by atoms with Crippen molar-refractivity contribution in [1.82, 2.24) is 9.97 Å². The van der Waals surface area contributed by atoms with Crippen LogP contribution < -0.4 is 10.6 Å². The van der Waals surface area contributed by atoms with Crippen LogP contribution in [0.5, 0.6) is 0 Å². The Balaban J connectivity index is 2.20. The van der Waals surface area contributed by atoms with Gasteiger partial charge in [-0.25, -0.2) is 9.97 Å². The quantitative estimate of drug-likeness (QED) is 0.698. The number of nitrogens with zero attached hydrogens (tertiary/aromatic N) is 3. The van der Waals surface area contributed by atoms with E-state index in [2.05, 4.69) is 21.8 Å². The highest BCUT2D eigenvalue weighted by molar-refractivity contribution is 5.41. The first kappa shape index (κ1) is 8.29. The van der Waals surface area contributed by atoms with E-state index in [9.17, 15) is 0 Å². The van der Waals surface area contributed by atoms with Gasteiger partial charge < -0.3 is 10.6 Å². The Morgan fingerprint density at radius 1 is 1.46 bits per heavy atom. The van der Waals surface area contributed by atoms with Crippen LogP contribution in [0, 0.1) is 0 Å². The van der Waals surface area contributed by atoms with Crippen LogP contribution in [0.4, 0.5) is 11.6 Å². The molecule has 2 N–H and O–H groups in total. The second-order valence-electron chi connectivity index (χ2n) is 3.48. The van der Waals surface area contributed by atoms with Crippen LogP contribution in [0.2, 0.25) is 0 Å². The standard InChI is InChI=1S/C9H14N4/c1-7-3-2-4-13(7)9-6-11-8(10)5-12-9/h5-7H,2-4H2,1H3,(H2,10,11). The minimum absolute atomic E-state index is 0.482. The smallest absolute Gasteiger partial charge is 0.147 e. The highest BCUT2D eigenvalue weighted by Crippen LogP contribution is 2.22. The van der Waals surface area contributed by atoms with Crippen LogP contribution in [0.15, 0.2) is 12.4 Å². The fraction of sp³-hybridized carbons (Fsp3) is 0.556. The molecule has 1 saturated heterocycles. The molecule has 2 heterocycles. The molecule has 13 heavy (non-hydrogen) atoms. The maximum atomic E-state index is 5.47. The van der Waals surface area contributed by atoms with Crippen molar-refractivity contribution in [3.63, 3.8) is 0 Å². The maximum Gasteiger partial charge on any atom is 0.147 e. The van der Waals surface area contributed by atoms with Gasteiger partial charge in [-0.3, -0.25) is 0 Å². The Bertz CT molecular complexity index is 282. The first-order valence-electron chi connectivity index (χ1n) is 4.61. The van der Waals surface area contributed by atoms with Crippen LogP contribution in [-0.2, 0) is 0 Å². The van der Waals surface area contributed by atoms with Crippen molar-refractivity contribution in [3.05, 3.63) is 12.4 Å². The number of anilines is 2. The number of aromatic nitrogens is 2.